The van der Waals surface area contributed by atoms with E-state index in [0.717, 1.165) is 23.3 Å². The number of benzene rings is 1. The van der Waals surface area contributed by atoms with Gasteiger partial charge in [0, 0.05) is 16.4 Å². The zero-order valence-electron chi connectivity index (χ0n) is 11.1. The first-order valence-electron chi connectivity index (χ1n) is 6.25. The van der Waals surface area contributed by atoms with Gasteiger partial charge >= 0.3 is 0 Å². The maximum atomic E-state index is 12.2. The number of rotatable bonds is 6. The number of hydrogen-bond donors (Lipinski definition) is 1. The predicted molar refractivity (Wildman–Crippen MR) is 85.3 cm³/mol. The summed E-state index contributed by atoms with van der Waals surface area (Å²) in [6.45, 7) is 1.89. The summed E-state index contributed by atoms with van der Waals surface area (Å²) in [5.41, 5.74) is 1.66. The number of sulfonamides is 1. The molecule has 2 rings (SSSR count). The third-order valence-electron chi connectivity index (χ3n) is 2.76. The lowest BCUT2D eigenvalue weighted by atomic mass is 10.1. The molecule has 0 amide bonds. The van der Waals surface area contributed by atoms with Crippen molar-refractivity contribution in [1.29, 1.82) is 0 Å². The van der Waals surface area contributed by atoms with Gasteiger partial charge in [0.1, 0.15) is 4.21 Å². The minimum atomic E-state index is -3.49. The summed E-state index contributed by atoms with van der Waals surface area (Å²) in [6.07, 6.45) is 1.72. The van der Waals surface area contributed by atoms with Crippen molar-refractivity contribution in [1.82, 2.24) is 0 Å². The molecule has 1 heterocycles. The molecular weight excluding hydrogens is 314 g/mol. The molecule has 20 heavy (non-hydrogen) atoms. The normalized spacial score (nSPS) is 11.5. The molecule has 0 saturated heterocycles. The molecule has 0 spiro atoms. The molecule has 0 radical (unpaired) electrons. The van der Waals surface area contributed by atoms with Crippen molar-refractivity contribution in [2.75, 3.05) is 10.6 Å². The van der Waals surface area contributed by atoms with Crippen LogP contribution in [0.3, 0.4) is 0 Å². The van der Waals surface area contributed by atoms with Crippen LogP contribution in [0.15, 0.2) is 40.6 Å². The van der Waals surface area contributed by atoms with Crippen molar-refractivity contribution >= 4 is 38.6 Å². The summed E-state index contributed by atoms with van der Waals surface area (Å²) in [5.74, 6) is 0.602. The molecule has 1 aromatic carbocycles. The van der Waals surface area contributed by atoms with Crippen LogP contribution in [0, 0.1) is 6.92 Å². The molecule has 1 N–H and O–H groups in total. The molecule has 0 aliphatic heterocycles. The average molecular weight is 330 g/mol. The summed E-state index contributed by atoms with van der Waals surface area (Å²) in [6, 6.07) is 10.9. The van der Waals surface area contributed by atoms with E-state index in [9.17, 15) is 8.42 Å². The fraction of sp³-hybridized carbons (Fsp3) is 0.286. The van der Waals surface area contributed by atoms with Crippen LogP contribution in [0.2, 0.25) is 0 Å². The second-order valence-electron chi connectivity index (χ2n) is 4.46. The first kappa shape index (κ1) is 15.4. The molecule has 0 aliphatic carbocycles. The van der Waals surface area contributed by atoms with Crippen molar-refractivity contribution in [3.8, 4) is 0 Å². The number of anilines is 1. The lowest BCUT2D eigenvalue weighted by Gasteiger charge is -2.08. The van der Waals surface area contributed by atoms with E-state index >= 15 is 0 Å². The number of nitrogens with one attached hydrogen (secondary N) is 1. The highest BCUT2D eigenvalue weighted by Crippen LogP contribution is 2.23. The maximum absolute atomic E-state index is 12.2. The van der Waals surface area contributed by atoms with Gasteiger partial charge in [-0.2, -0.15) is 0 Å². The van der Waals surface area contributed by atoms with Crippen molar-refractivity contribution < 1.29 is 8.42 Å². The van der Waals surface area contributed by atoms with E-state index < -0.39 is 10.0 Å². The van der Waals surface area contributed by atoms with Crippen LogP contribution in [0.25, 0.3) is 0 Å². The van der Waals surface area contributed by atoms with Crippen molar-refractivity contribution in [3.05, 3.63) is 46.8 Å². The van der Waals surface area contributed by atoms with E-state index in [4.69, 9.17) is 11.6 Å². The molecule has 0 unspecified atom stereocenters. The van der Waals surface area contributed by atoms with E-state index in [-0.39, 0.29) is 0 Å². The van der Waals surface area contributed by atoms with Gasteiger partial charge < -0.3 is 0 Å². The average Bonchev–Trinajstić information content (AvgIpc) is 2.84. The standard InChI is InChI=1S/C14H16ClNO2S2/c1-11-7-8-14(19-11)20(17,18)16-13-6-2-4-12(10-13)5-3-9-15/h2,4,6-8,10,16H,3,5,9H2,1H3. The minimum absolute atomic E-state index is 0.334. The maximum Gasteiger partial charge on any atom is 0.271 e. The van der Waals surface area contributed by atoms with E-state index in [1.807, 2.05) is 25.1 Å². The van der Waals surface area contributed by atoms with Crippen LogP contribution in [-0.2, 0) is 16.4 Å². The fourth-order valence-corrected chi connectivity index (χ4v) is 4.29. The monoisotopic (exact) mass is 329 g/mol. The van der Waals surface area contributed by atoms with Gasteiger partial charge in [-0.05, 0) is 49.6 Å². The van der Waals surface area contributed by atoms with E-state index in [1.54, 1.807) is 18.2 Å². The molecule has 1 aromatic heterocycles. The molecule has 108 valence electrons. The Bertz CT molecular complexity index is 680. The summed E-state index contributed by atoms with van der Waals surface area (Å²) in [4.78, 5) is 0.973. The van der Waals surface area contributed by atoms with Crippen molar-refractivity contribution in [3.63, 3.8) is 0 Å². The van der Waals surface area contributed by atoms with Gasteiger partial charge in [-0.25, -0.2) is 8.42 Å². The quantitative estimate of drug-likeness (QED) is 0.813. The van der Waals surface area contributed by atoms with E-state index in [1.165, 1.54) is 11.3 Å². The van der Waals surface area contributed by atoms with Gasteiger partial charge in [0.15, 0.2) is 0 Å². The van der Waals surface area contributed by atoms with Gasteiger partial charge in [-0.3, -0.25) is 4.72 Å². The molecule has 0 atom stereocenters. The Kier molecular flexibility index (Phi) is 5.07. The Morgan fingerprint density at radius 3 is 2.70 bits per heavy atom. The molecular formula is C14H16ClNO2S2. The molecule has 3 nitrogen and oxygen atoms in total. The topological polar surface area (TPSA) is 46.2 Å². The Balaban J connectivity index is 2.17. The second-order valence-corrected chi connectivity index (χ2v) is 8.04. The highest BCUT2D eigenvalue weighted by Gasteiger charge is 2.16. The molecule has 6 heteroatoms. The number of aryl methyl sites for hydroxylation is 2. The molecule has 0 saturated carbocycles. The van der Waals surface area contributed by atoms with Crippen LogP contribution in [0.1, 0.15) is 16.9 Å². The molecule has 0 aliphatic rings. The SMILES string of the molecule is Cc1ccc(S(=O)(=O)Nc2cccc(CCCCl)c2)s1. The van der Waals surface area contributed by atoms with E-state index in [2.05, 4.69) is 4.72 Å². The Hall–Kier alpha value is -1.04. The van der Waals surface area contributed by atoms with Gasteiger partial charge in [0.2, 0.25) is 0 Å². The first-order valence-corrected chi connectivity index (χ1v) is 9.09. The lowest BCUT2D eigenvalue weighted by Crippen LogP contribution is -2.11. The van der Waals surface area contributed by atoms with Gasteiger partial charge in [0.05, 0.1) is 0 Å². The summed E-state index contributed by atoms with van der Waals surface area (Å²) < 4.78 is 27.4. The van der Waals surface area contributed by atoms with E-state index in [0.29, 0.717) is 15.8 Å². The number of halogens is 1. The smallest absolute Gasteiger partial charge is 0.271 e. The highest BCUT2D eigenvalue weighted by molar-refractivity contribution is 7.94. The summed E-state index contributed by atoms with van der Waals surface area (Å²) in [7, 11) is -3.49. The zero-order chi connectivity index (χ0) is 14.6. The Morgan fingerprint density at radius 2 is 2.05 bits per heavy atom. The van der Waals surface area contributed by atoms with Crippen molar-refractivity contribution in [2.24, 2.45) is 0 Å². The van der Waals surface area contributed by atoms with Crippen molar-refractivity contribution in [2.45, 2.75) is 24.0 Å². The number of thiophene rings is 1. The lowest BCUT2D eigenvalue weighted by molar-refractivity contribution is 0.603. The van der Waals surface area contributed by atoms with Crippen LogP contribution in [0.5, 0.6) is 0 Å². The van der Waals surface area contributed by atoms with Crippen LogP contribution in [-0.4, -0.2) is 14.3 Å². The molecule has 0 fully saturated rings. The third kappa shape index (κ3) is 3.98. The Morgan fingerprint density at radius 1 is 1.25 bits per heavy atom. The van der Waals surface area contributed by atoms with Gasteiger partial charge in [-0.15, -0.1) is 22.9 Å². The highest BCUT2D eigenvalue weighted by atomic mass is 35.5. The van der Waals surface area contributed by atoms with Gasteiger partial charge in [0.25, 0.3) is 10.0 Å². The van der Waals surface area contributed by atoms with Crippen LogP contribution in [0.4, 0.5) is 5.69 Å². The molecule has 0 bridgehead atoms. The third-order valence-corrected chi connectivity index (χ3v) is 5.90. The predicted octanol–water partition coefficient (Wildman–Crippen LogP) is 4.03. The summed E-state index contributed by atoms with van der Waals surface area (Å²) >= 11 is 6.93. The Labute approximate surface area is 128 Å². The van der Waals surface area contributed by atoms with Crippen LogP contribution < -0.4 is 4.72 Å². The second kappa shape index (κ2) is 6.61. The van der Waals surface area contributed by atoms with Gasteiger partial charge in [-0.1, -0.05) is 12.1 Å². The zero-order valence-corrected chi connectivity index (χ0v) is 13.5. The number of hydrogen-bond acceptors (Lipinski definition) is 3. The number of alkyl halides is 1. The first-order chi connectivity index (χ1) is 9.51. The summed E-state index contributed by atoms with van der Waals surface area (Å²) in [5, 5.41) is 0. The minimum Gasteiger partial charge on any atom is -0.279 e. The largest absolute Gasteiger partial charge is 0.279 e. The van der Waals surface area contributed by atoms with Crippen LogP contribution >= 0.6 is 22.9 Å². The molecule has 2 aromatic rings. The fourth-order valence-electron chi connectivity index (χ4n) is 1.82.